The first-order valence-corrected chi connectivity index (χ1v) is 6.77. The standard InChI is InChI=1S/C13H16N2O3S/c1-8-12(19-7-15-8)6-14-5-10-4-11(9(2)18-10)13(16)17-3/h4,7,14H,5-6H2,1-3H3. The second-order valence-corrected chi connectivity index (χ2v) is 5.08. The Labute approximate surface area is 115 Å². The lowest BCUT2D eigenvalue weighted by Crippen LogP contribution is -2.12. The van der Waals surface area contributed by atoms with E-state index in [1.807, 2.05) is 12.4 Å². The Hall–Kier alpha value is -1.66. The van der Waals surface area contributed by atoms with Crippen molar-refractivity contribution in [2.75, 3.05) is 7.11 Å². The van der Waals surface area contributed by atoms with Crippen molar-refractivity contribution in [3.8, 4) is 0 Å². The molecule has 0 aliphatic rings. The molecule has 0 aromatic carbocycles. The van der Waals surface area contributed by atoms with Gasteiger partial charge in [0, 0.05) is 11.4 Å². The summed E-state index contributed by atoms with van der Waals surface area (Å²) in [6.45, 7) is 5.04. The van der Waals surface area contributed by atoms with Crippen LogP contribution in [0.3, 0.4) is 0 Å². The molecule has 6 heteroatoms. The van der Waals surface area contributed by atoms with E-state index in [-0.39, 0.29) is 5.97 Å². The number of ether oxygens (including phenoxy) is 1. The summed E-state index contributed by atoms with van der Waals surface area (Å²) in [5, 5.41) is 3.27. The number of rotatable bonds is 5. The third-order valence-electron chi connectivity index (χ3n) is 2.80. The number of aryl methyl sites for hydroxylation is 2. The van der Waals surface area contributed by atoms with Crippen molar-refractivity contribution in [2.24, 2.45) is 0 Å². The summed E-state index contributed by atoms with van der Waals surface area (Å²) in [6.07, 6.45) is 0. The van der Waals surface area contributed by atoms with E-state index in [4.69, 9.17) is 4.42 Å². The van der Waals surface area contributed by atoms with Gasteiger partial charge in [0.1, 0.15) is 17.1 Å². The molecule has 102 valence electrons. The van der Waals surface area contributed by atoms with Gasteiger partial charge in [-0.15, -0.1) is 11.3 Å². The fourth-order valence-electron chi connectivity index (χ4n) is 1.74. The maximum absolute atomic E-state index is 11.4. The number of methoxy groups -OCH3 is 1. The highest BCUT2D eigenvalue weighted by Gasteiger charge is 2.15. The van der Waals surface area contributed by atoms with E-state index in [2.05, 4.69) is 15.0 Å². The molecule has 2 aromatic rings. The SMILES string of the molecule is COC(=O)c1cc(CNCc2scnc2C)oc1C. The average Bonchev–Trinajstić information content (AvgIpc) is 2.96. The molecule has 0 fully saturated rings. The van der Waals surface area contributed by atoms with Crippen LogP contribution in [0, 0.1) is 13.8 Å². The van der Waals surface area contributed by atoms with Crippen LogP contribution in [-0.2, 0) is 17.8 Å². The zero-order chi connectivity index (χ0) is 13.8. The Balaban J connectivity index is 1.93. The van der Waals surface area contributed by atoms with Gasteiger partial charge in [-0.3, -0.25) is 0 Å². The van der Waals surface area contributed by atoms with Crippen LogP contribution in [0.25, 0.3) is 0 Å². The highest BCUT2D eigenvalue weighted by atomic mass is 32.1. The van der Waals surface area contributed by atoms with Gasteiger partial charge >= 0.3 is 5.97 Å². The van der Waals surface area contributed by atoms with Gasteiger partial charge in [0.2, 0.25) is 0 Å². The van der Waals surface area contributed by atoms with Crippen LogP contribution in [0.4, 0.5) is 0 Å². The molecule has 0 radical (unpaired) electrons. The number of hydrogen-bond acceptors (Lipinski definition) is 6. The van der Waals surface area contributed by atoms with Crippen LogP contribution in [0.2, 0.25) is 0 Å². The number of esters is 1. The quantitative estimate of drug-likeness (QED) is 0.852. The summed E-state index contributed by atoms with van der Waals surface area (Å²) in [5.41, 5.74) is 3.36. The monoisotopic (exact) mass is 280 g/mol. The van der Waals surface area contributed by atoms with E-state index in [1.165, 1.54) is 12.0 Å². The number of carbonyl (C=O) groups is 1. The number of hydrogen-bond donors (Lipinski definition) is 1. The minimum atomic E-state index is -0.370. The zero-order valence-corrected chi connectivity index (χ0v) is 12.0. The summed E-state index contributed by atoms with van der Waals surface area (Å²) >= 11 is 1.62. The van der Waals surface area contributed by atoms with E-state index in [9.17, 15) is 4.79 Å². The van der Waals surface area contributed by atoms with E-state index in [0.717, 1.165) is 18.0 Å². The largest absolute Gasteiger partial charge is 0.465 e. The molecular weight excluding hydrogens is 264 g/mol. The van der Waals surface area contributed by atoms with E-state index in [0.29, 0.717) is 17.9 Å². The molecule has 0 aliphatic carbocycles. The summed E-state index contributed by atoms with van der Waals surface area (Å²) < 4.78 is 10.2. The zero-order valence-electron chi connectivity index (χ0n) is 11.1. The summed E-state index contributed by atoms with van der Waals surface area (Å²) in [4.78, 5) is 16.8. The molecule has 19 heavy (non-hydrogen) atoms. The highest BCUT2D eigenvalue weighted by molar-refractivity contribution is 7.09. The second-order valence-electron chi connectivity index (χ2n) is 4.14. The predicted molar refractivity (Wildman–Crippen MR) is 72.2 cm³/mol. The third kappa shape index (κ3) is 3.21. The van der Waals surface area contributed by atoms with Gasteiger partial charge in [-0.2, -0.15) is 0 Å². The molecule has 0 amide bonds. The molecule has 0 bridgehead atoms. The first-order valence-electron chi connectivity index (χ1n) is 5.89. The molecule has 5 nitrogen and oxygen atoms in total. The van der Waals surface area contributed by atoms with Crippen LogP contribution in [0.5, 0.6) is 0 Å². The minimum absolute atomic E-state index is 0.370. The first-order chi connectivity index (χ1) is 9.11. The Morgan fingerprint density at radius 2 is 2.26 bits per heavy atom. The van der Waals surface area contributed by atoms with Crippen molar-refractivity contribution in [1.82, 2.24) is 10.3 Å². The Morgan fingerprint density at radius 1 is 1.47 bits per heavy atom. The third-order valence-corrected chi connectivity index (χ3v) is 3.74. The Morgan fingerprint density at radius 3 is 2.89 bits per heavy atom. The second kappa shape index (κ2) is 5.99. The molecule has 2 aromatic heterocycles. The lowest BCUT2D eigenvalue weighted by molar-refractivity contribution is 0.0599. The van der Waals surface area contributed by atoms with Crippen LogP contribution in [0.1, 0.15) is 32.4 Å². The molecule has 0 saturated heterocycles. The average molecular weight is 280 g/mol. The van der Waals surface area contributed by atoms with Gasteiger partial charge in [-0.05, 0) is 19.9 Å². The van der Waals surface area contributed by atoms with Gasteiger partial charge in [0.15, 0.2) is 0 Å². The smallest absolute Gasteiger partial charge is 0.341 e. The topological polar surface area (TPSA) is 64.4 Å². The van der Waals surface area contributed by atoms with Crippen molar-refractivity contribution < 1.29 is 13.9 Å². The molecule has 2 heterocycles. The minimum Gasteiger partial charge on any atom is -0.465 e. The van der Waals surface area contributed by atoms with Gasteiger partial charge in [-0.1, -0.05) is 0 Å². The van der Waals surface area contributed by atoms with Crippen LogP contribution >= 0.6 is 11.3 Å². The Kier molecular flexibility index (Phi) is 4.34. The highest BCUT2D eigenvalue weighted by Crippen LogP contribution is 2.16. The first kappa shape index (κ1) is 13.8. The van der Waals surface area contributed by atoms with Gasteiger partial charge < -0.3 is 14.5 Å². The maximum atomic E-state index is 11.4. The fraction of sp³-hybridized carbons (Fsp3) is 0.385. The van der Waals surface area contributed by atoms with Crippen LogP contribution in [0.15, 0.2) is 16.0 Å². The van der Waals surface area contributed by atoms with Crippen molar-refractivity contribution in [2.45, 2.75) is 26.9 Å². The van der Waals surface area contributed by atoms with Crippen molar-refractivity contribution in [3.63, 3.8) is 0 Å². The van der Waals surface area contributed by atoms with Crippen molar-refractivity contribution in [3.05, 3.63) is 39.2 Å². The number of thiazole rings is 1. The van der Waals surface area contributed by atoms with E-state index >= 15 is 0 Å². The Bertz CT molecular complexity index is 574. The number of nitrogens with zero attached hydrogens (tertiary/aromatic N) is 1. The number of carbonyl (C=O) groups excluding carboxylic acids is 1. The normalized spacial score (nSPS) is 10.7. The molecule has 0 aliphatic heterocycles. The molecule has 0 spiro atoms. The van der Waals surface area contributed by atoms with Crippen molar-refractivity contribution >= 4 is 17.3 Å². The predicted octanol–water partition coefficient (Wildman–Crippen LogP) is 2.43. The molecule has 1 N–H and O–H groups in total. The number of furan rings is 1. The molecule has 0 unspecified atom stereocenters. The van der Waals surface area contributed by atoms with Gasteiger partial charge in [0.05, 0.1) is 24.9 Å². The summed E-state index contributed by atoms with van der Waals surface area (Å²) in [6, 6.07) is 1.72. The van der Waals surface area contributed by atoms with Crippen molar-refractivity contribution in [1.29, 1.82) is 0 Å². The molecule has 0 atom stereocenters. The molecule has 0 saturated carbocycles. The van der Waals surface area contributed by atoms with Gasteiger partial charge in [-0.25, -0.2) is 9.78 Å². The number of aromatic nitrogens is 1. The fourth-order valence-corrected chi connectivity index (χ4v) is 2.49. The maximum Gasteiger partial charge on any atom is 0.341 e. The van der Waals surface area contributed by atoms with Crippen LogP contribution < -0.4 is 5.32 Å². The van der Waals surface area contributed by atoms with Crippen LogP contribution in [-0.4, -0.2) is 18.1 Å². The molecule has 2 rings (SSSR count). The summed E-state index contributed by atoms with van der Waals surface area (Å²) in [5.74, 6) is 0.934. The van der Waals surface area contributed by atoms with E-state index < -0.39 is 0 Å². The summed E-state index contributed by atoms with van der Waals surface area (Å²) in [7, 11) is 1.36. The lowest BCUT2D eigenvalue weighted by atomic mass is 10.2. The van der Waals surface area contributed by atoms with Gasteiger partial charge in [0.25, 0.3) is 0 Å². The number of nitrogens with one attached hydrogen (secondary N) is 1. The lowest BCUT2D eigenvalue weighted by Gasteiger charge is -2.00. The molecular formula is C13H16N2O3S. The van der Waals surface area contributed by atoms with E-state index in [1.54, 1.807) is 24.3 Å².